The summed E-state index contributed by atoms with van der Waals surface area (Å²) in [5.74, 6) is -2.01. The number of amides is 2. The molecule has 22 heteroatoms. The summed E-state index contributed by atoms with van der Waals surface area (Å²) in [6, 6.07) is 34.9. The molecule has 88 heavy (non-hydrogen) atoms. The van der Waals surface area contributed by atoms with Crippen molar-refractivity contribution in [2.75, 3.05) is 115 Å². The Morgan fingerprint density at radius 3 is 1.33 bits per heavy atom. The molecule has 454 valence electrons. The van der Waals surface area contributed by atoms with Crippen molar-refractivity contribution < 1.29 is 38.1 Å². The van der Waals surface area contributed by atoms with Gasteiger partial charge in [-0.05, 0) is 133 Å². The molecule has 0 atom stereocenters. The second-order valence-corrected chi connectivity index (χ2v) is 24.8. The van der Waals surface area contributed by atoms with Crippen molar-refractivity contribution in [1.29, 1.82) is 0 Å². The Kier molecular flexibility index (Phi) is 17.5. The van der Waals surface area contributed by atoms with E-state index in [1.165, 1.54) is 75.0 Å². The molecular formula is C66H68N10O10S2. The highest BCUT2D eigenvalue weighted by atomic mass is 32.1. The number of aromatic nitrogens is 4. The summed E-state index contributed by atoms with van der Waals surface area (Å²) < 4.78 is 29.0. The van der Waals surface area contributed by atoms with E-state index in [1.54, 1.807) is 46.9 Å². The second kappa shape index (κ2) is 26.3. The first kappa shape index (κ1) is 58.3. The number of carbonyl (C=O) groups excluding carboxylic acids is 4. The van der Waals surface area contributed by atoms with Gasteiger partial charge < -0.3 is 38.5 Å². The average molecular weight is 1230 g/mol. The maximum absolute atomic E-state index is 13.3. The van der Waals surface area contributed by atoms with Crippen molar-refractivity contribution in [3.8, 4) is 11.5 Å². The molecule has 4 saturated heterocycles. The van der Waals surface area contributed by atoms with Crippen LogP contribution >= 0.6 is 22.7 Å². The molecule has 2 amide bonds. The summed E-state index contributed by atoms with van der Waals surface area (Å²) in [6.45, 7) is 10.8. The highest BCUT2D eigenvalue weighted by Gasteiger charge is 2.40. The first-order valence-electron chi connectivity index (χ1n) is 30.2. The molecule has 4 fully saturated rings. The fourth-order valence-electron chi connectivity index (χ4n) is 12.1. The summed E-state index contributed by atoms with van der Waals surface area (Å²) in [4.78, 5) is 101. The number of unbranched alkanes of at least 4 members (excludes halogenated alkanes) is 2. The van der Waals surface area contributed by atoms with Crippen molar-refractivity contribution in [3.05, 3.63) is 164 Å². The average Bonchev–Trinajstić information content (AvgIpc) is 4.43. The topological polar surface area (TPSA) is 194 Å². The highest BCUT2D eigenvalue weighted by Crippen LogP contribution is 2.33. The SMILES string of the molecule is O=C(OCn1c(=O)ccc2ccc(OCCCCN3CCN(c4cccc5sccc45)CC3)cc21)C1CN(C(=O)c2cnc(C(=O)N3CC(C(=O)OCn4c(=O)ccc5ccc(OCCCCN6CCN(c7cccc8sccc78)CC6)cc54)C3)cn2)C1. The van der Waals surface area contributed by atoms with Crippen LogP contribution in [0.5, 0.6) is 11.5 Å². The molecule has 0 radical (unpaired) electrons. The van der Waals surface area contributed by atoms with Gasteiger partial charge in [0.25, 0.3) is 22.9 Å². The molecule has 13 rings (SSSR count). The lowest BCUT2D eigenvalue weighted by molar-refractivity contribution is -0.158. The summed E-state index contributed by atoms with van der Waals surface area (Å²) in [6.07, 6.45) is 6.17. The van der Waals surface area contributed by atoms with E-state index in [0.29, 0.717) is 35.7 Å². The molecule has 0 spiro atoms. The molecule has 9 heterocycles. The Bertz CT molecular complexity index is 3880. The molecule has 0 saturated carbocycles. The van der Waals surface area contributed by atoms with Gasteiger partial charge in [0.15, 0.2) is 13.5 Å². The van der Waals surface area contributed by atoms with Gasteiger partial charge in [-0.15, -0.1) is 22.7 Å². The number of ether oxygens (including phenoxy) is 4. The summed E-state index contributed by atoms with van der Waals surface area (Å²) in [5.41, 5.74) is 3.11. The van der Waals surface area contributed by atoms with Crippen LogP contribution in [0.15, 0.2) is 142 Å². The predicted molar refractivity (Wildman–Crippen MR) is 340 cm³/mol. The van der Waals surface area contributed by atoms with E-state index >= 15 is 0 Å². The van der Waals surface area contributed by atoms with Gasteiger partial charge >= 0.3 is 11.9 Å². The number of rotatable bonds is 22. The number of thiophene rings is 2. The van der Waals surface area contributed by atoms with Crippen LogP contribution in [0, 0.1) is 11.8 Å². The lowest BCUT2D eigenvalue weighted by Gasteiger charge is -2.37. The number of benzene rings is 4. The van der Waals surface area contributed by atoms with Crippen LogP contribution in [0.3, 0.4) is 0 Å². The quantitative estimate of drug-likeness (QED) is 0.0467. The normalized spacial score (nSPS) is 16.1. The second-order valence-electron chi connectivity index (χ2n) is 22.9. The van der Waals surface area contributed by atoms with Crippen LogP contribution in [0.1, 0.15) is 46.7 Å². The number of likely N-dealkylation sites (tertiary alicyclic amines) is 2. The number of nitrogens with zero attached hydrogens (tertiary/aromatic N) is 10. The lowest BCUT2D eigenvalue weighted by Crippen LogP contribution is -2.54. The van der Waals surface area contributed by atoms with Crippen LogP contribution in [0.2, 0.25) is 0 Å². The van der Waals surface area contributed by atoms with Gasteiger partial charge in [-0.3, -0.25) is 47.7 Å². The molecule has 0 bridgehead atoms. The van der Waals surface area contributed by atoms with Gasteiger partial charge in [-0.25, -0.2) is 9.97 Å². The maximum atomic E-state index is 13.3. The minimum atomic E-state index is -0.610. The highest BCUT2D eigenvalue weighted by molar-refractivity contribution is 7.17. The zero-order valence-electron chi connectivity index (χ0n) is 48.8. The Morgan fingerprint density at radius 2 is 0.909 bits per heavy atom. The van der Waals surface area contributed by atoms with E-state index in [4.69, 9.17) is 18.9 Å². The van der Waals surface area contributed by atoms with Crippen LogP contribution in [-0.2, 0) is 32.5 Å². The number of piperazine rings is 2. The Labute approximate surface area is 515 Å². The molecule has 4 aliphatic heterocycles. The van der Waals surface area contributed by atoms with Gasteiger partial charge in [0.05, 0.1) is 48.5 Å². The summed E-state index contributed by atoms with van der Waals surface area (Å²) in [5, 5.41) is 8.55. The van der Waals surface area contributed by atoms with Crippen molar-refractivity contribution in [2.45, 2.75) is 39.1 Å². The van der Waals surface area contributed by atoms with Crippen LogP contribution in [0.4, 0.5) is 11.4 Å². The van der Waals surface area contributed by atoms with E-state index in [1.807, 2.05) is 24.3 Å². The predicted octanol–water partition coefficient (Wildman–Crippen LogP) is 8.04. The van der Waals surface area contributed by atoms with E-state index in [-0.39, 0.29) is 62.1 Å². The lowest BCUT2D eigenvalue weighted by atomic mass is 10.00. The zero-order chi connectivity index (χ0) is 60.1. The van der Waals surface area contributed by atoms with Gasteiger partial charge in [0, 0.05) is 134 Å². The van der Waals surface area contributed by atoms with Crippen molar-refractivity contribution in [2.24, 2.45) is 11.8 Å². The number of carbonyl (C=O) groups is 4. The molecule has 0 N–H and O–H groups in total. The van der Waals surface area contributed by atoms with Gasteiger partial charge in [-0.2, -0.15) is 0 Å². The zero-order valence-corrected chi connectivity index (χ0v) is 50.4. The number of fused-ring (bicyclic) bond motifs is 4. The number of anilines is 2. The van der Waals surface area contributed by atoms with E-state index in [0.717, 1.165) is 102 Å². The third-order valence-corrected chi connectivity index (χ3v) is 19.1. The smallest absolute Gasteiger partial charge is 0.314 e. The summed E-state index contributed by atoms with van der Waals surface area (Å²) >= 11 is 3.56. The molecular weight excluding hydrogens is 1160 g/mol. The molecule has 0 aliphatic carbocycles. The Morgan fingerprint density at radius 1 is 0.489 bits per heavy atom. The van der Waals surface area contributed by atoms with Gasteiger partial charge in [0.2, 0.25) is 0 Å². The summed E-state index contributed by atoms with van der Waals surface area (Å²) in [7, 11) is 0. The number of pyridine rings is 2. The van der Waals surface area contributed by atoms with E-state index < -0.39 is 35.6 Å². The third-order valence-electron chi connectivity index (χ3n) is 17.3. The van der Waals surface area contributed by atoms with Gasteiger partial charge in [-0.1, -0.05) is 12.1 Å². The van der Waals surface area contributed by atoms with Crippen molar-refractivity contribution in [3.63, 3.8) is 0 Å². The van der Waals surface area contributed by atoms with Crippen LogP contribution < -0.4 is 30.4 Å². The largest absolute Gasteiger partial charge is 0.494 e. The van der Waals surface area contributed by atoms with E-state index in [2.05, 4.69) is 88.9 Å². The molecule has 20 nitrogen and oxygen atoms in total. The minimum Gasteiger partial charge on any atom is -0.494 e. The van der Waals surface area contributed by atoms with Crippen molar-refractivity contribution in [1.82, 2.24) is 38.7 Å². The first-order chi connectivity index (χ1) is 43.1. The Hall–Kier alpha value is -8.70. The number of hydrogen-bond acceptors (Lipinski definition) is 18. The Balaban J connectivity index is 0.510. The minimum absolute atomic E-state index is 0.00634. The monoisotopic (exact) mass is 1220 g/mol. The van der Waals surface area contributed by atoms with Gasteiger partial charge in [0.1, 0.15) is 22.9 Å². The first-order valence-corrected chi connectivity index (χ1v) is 32.0. The fraction of sp³-hybridized carbons (Fsp3) is 0.364. The van der Waals surface area contributed by atoms with E-state index in [9.17, 15) is 28.8 Å². The van der Waals surface area contributed by atoms with Crippen LogP contribution in [0.25, 0.3) is 42.0 Å². The molecule has 4 aliphatic rings. The maximum Gasteiger partial charge on any atom is 0.314 e. The molecule has 5 aromatic heterocycles. The number of esters is 2. The standard InChI is InChI=1S/C66H68N10O10S2/c77-61-17-13-45-11-15-49(83-31-3-1-21-69-23-27-71(28-24-69)55-7-5-9-59-51(55)19-33-87-59)35-57(45)75(61)43-85-65(81)47-39-73(40-47)63(79)53-37-68-54(38-67-53)64(80)74-41-48(42-74)66(82)86-44-76-58-36-50(16-12-46(58)14-18-62(76)78)84-32-4-2-22-70-25-29-72(30-26-70)56-8-6-10-60-52(56)20-34-88-60/h5-20,33-38,47-48H,1-4,21-32,39-44H2. The van der Waals surface area contributed by atoms with Crippen molar-refractivity contribution >= 4 is 99.8 Å². The molecule has 0 unspecified atom stereocenters. The third kappa shape index (κ3) is 12.8. The molecule has 9 aromatic rings. The number of hydrogen-bond donors (Lipinski definition) is 0. The molecule has 4 aromatic carbocycles. The van der Waals surface area contributed by atoms with Crippen LogP contribution in [-0.4, -0.2) is 167 Å². The fourth-order valence-corrected chi connectivity index (χ4v) is 13.7.